The highest BCUT2D eigenvalue weighted by atomic mass is 16.2. The van der Waals surface area contributed by atoms with E-state index >= 15 is 0 Å². The predicted octanol–water partition coefficient (Wildman–Crippen LogP) is 4.37. The van der Waals surface area contributed by atoms with Gasteiger partial charge in [0, 0.05) is 41.9 Å². The van der Waals surface area contributed by atoms with E-state index in [2.05, 4.69) is 29.3 Å². The molecule has 1 aliphatic rings. The number of carbonyl (C=O) groups is 1. The molecule has 0 radical (unpaired) electrons. The highest BCUT2D eigenvalue weighted by Gasteiger charge is 2.18. The summed E-state index contributed by atoms with van der Waals surface area (Å²) >= 11 is 0. The number of hydrogen-bond donors (Lipinski definition) is 3. The summed E-state index contributed by atoms with van der Waals surface area (Å²) in [6.07, 6.45) is 4.74. The van der Waals surface area contributed by atoms with Crippen molar-refractivity contribution in [1.82, 2.24) is 4.90 Å². The van der Waals surface area contributed by atoms with Gasteiger partial charge in [0.05, 0.1) is 6.04 Å². The number of aryl methyl sites for hydroxylation is 1. The van der Waals surface area contributed by atoms with Crippen LogP contribution in [0.1, 0.15) is 32.6 Å². The lowest BCUT2D eigenvalue weighted by molar-refractivity contribution is 0.0799. The summed E-state index contributed by atoms with van der Waals surface area (Å²) in [5.74, 6) is 6.73. The molecule has 0 bridgehead atoms. The largest absolute Gasteiger partial charge is 0.384 e. The third-order valence-electron chi connectivity index (χ3n) is 5.75. The van der Waals surface area contributed by atoms with Gasteiger partial charge >= 0.3 is 0 Å². The zero-order valence-electron chi connectivity index (χ0n) is 19.2. The molecule has 4 N–H and O–H groups in total. The monoisotopic (exact) mass is 448 g/mol. The van der Waals surface area contributed by atoms with Crippen LogP contribution in [0.2, 0.25) is 0 Å². The van der Waals surface area contributed by atoms with E-state index in [1.807, 2.05) is 84.6 Å². The minimum absolute atomic E-state index is 0.0316. The van der Waals surface area contributed by atoms with Gasteiger partial charge in [0.2, 0.25) is 0 Å². The molecule has 0 spiro atoms. The lowest BCUT2D eigenvalue weighted by Gasteiger charge is -2.17. The highest BCUT2D eigenvalue weighted by molar-refractivity contribution is 5.96. The SMILES string of the molecule is Cc1cc(C#CC(Cc2ccccc2)Nc2cccc(C(=N)N)c2)ccc1C(=O)N1CC=CC1. The normalized spacial score (nSPS) is 13.1. The van der Waals surface area contributed by atoms with E-state index in [-0.39, 0.29) is 17.8 Å². The van der Waals surface area contributed by atoms with Crippen molar-refractivity contribution in [2.75, 3.05) is 18.4 Å². The minimum atomic E-state index is -0.151. The minimum Gasteiger partial charge on any atom is -0.384 e. The number of amidine groups is 1. The lowest BCUT2D eigenvalue weighted by atomic mass is 10.0. The second-order valence-corrected chi connectivity index (χ2v) is 8.36. The van der Waals surface area contributed by atoms with Crippen molar-refractivity contribution >= 4 is 17.4 Å². The fourth-order valence-electron chi connectivity index (χ4n) is 3.93. The molecule has 3 aromatic carbocycles. The summed E-state index contributed by atoms with van der Waals surface area (Å²) in [5, 5.41) is 11.2. The molecule has 4 rings (SSSR count). The van der Waals surface area contributed by atoms with Crippen molar-refractivity contribution in [2.45, 2.75) is 19.4 Å². The van der Waals surface area contributed by atoms with Crippen molar-refractivity contribution in [3.8, 4) is 11.8 Å². The molecule has 0 fully saturated rings. The molecule has 0 saturated heterocycles. The Morgan fingerprint density at radius 1 is 1.06 bits per heavy atom. The van der Waals surface area contributed by atoms with Crippen LogP contribution in [0.4, 0.5) is 5.69 Å². The summed E-state index contributed by atoms with van der Waals surface area (Å²) in [6, 6.07) is 23.3. The van der Waals surface area contributed by atoms with Crippen molar-refractivity contribution < 1.29 is 4.79 Å². The summed E-state index contributed by atoms with van der Waals surface area (Å²) in [6.45, 7) is 3.28. The Kier molecular flexibility index (Phi) is 7.10. The van der Waals surface area contributed by atoms with Gasteiger partial charge < -0.3 is 16.0 Å². The topological polar surface area (TPSA) is 82.2 Å². The van der Waals surface area contributed by atoms with E-state index in [0.29, 0.717) is 24.2 Å². The van der Waals surface area contributed by atoms with Crippen LogP contribution in [-0.4, -0.2) is 35.8 Å². The molecule has 0 aliphatic carbocycles. The van der Waals surface area contributed by atoms with Gasteiger partial charge in [-0.25, -0.2) is 0 Å². The zero-order chi connectivity index (χ0) is 23.9. The number of hydrogen-bond acceptors (Lipinski definition) is 3. The van der Waals surface area contributed by atoms with E-state index in [1.165, 1.54) is 5.56 Å². The number of anilines is 1. The van der Waals surface area contributed by atoms with Crippen LogP contribution >= 0.6 is 0 Å². The Bertz CT molecular complexity index is 1280. The van der Waals surface area contributed by atoms with E-state index in [0.717, 1.165) is 23.2 Å². The fourth-order valence-corrected chi connectivity index (χ4v) is 3.93. The number of nitrogens with one attached hydrogen (secondary N) is 2. The molecule has 0 saturated carbocycles. The molecule has 1 heterocycles. The first-order chi connectivity index (χ1) is 16.5. The quantitative estimate of drug-likeness (QED) is 0.227. The van der Waals surface area contributed by atoms with Crippen LogP contribution in [0.15, 0.2) is 84.9 Å². The van der Waals surface area contributed by atoms with Gasteiger partial charge in [0.1, 0.15) is 5.84 Å². The van der Waals surface area contributed by atoms with Gasteiger partial charge in [0.25, 0.3) is 5.91 Å². The van der Waals surface area contributed by atoms with Crippen molar-refractivity contribution in [3.05, 3.63) is 113 Å². The molecule has 170 valence electrons. The van der Waals surface area contributed by atoms with Gasteiger partial charge in [0.15, 0.2) is 0 Å². The van der Waals surface area contributed by atoms with Crippen LogP contribution < -0.4 is 11.1 Å². The van der Waals surface area contributed by atoms with E-state index in [1.54, 1.807) is 0 Å². The van der Waals surface area contributed by atoms with Crippen LogP contribution in [0.25, 0.3) is 0 Å². The molecule has 1 aliphatic heterocycles. The number of benzene rings is 3. The molecule has 5 heteroatoms. The second kappa shape index (κ2) is 10.5. The van der Waals surface area contributed by atoms with Crippen LogP contribution in [0.5, 0.6) is 0 Å². The Morgan fingerprint density at radius 3 is 2.53 bits per heavy atom. The lowest BCUT2D eigenvalue weighted by Crippen LogP contribution is -2.28. The third kappa shape index (κ3) is 5.73. The summed E-state index contributed by atoms with van der Waals surface area (Å²) in [5.41, 5.74) is 10.9. The van der Waals surface area contributed by atoms with Gasteiger partial charge in [-0.3, -0.25) is 10.2 Å². The molecule has 1 atom stereocenters. The average molecular weight is 449 g/mol. The second-order valence-electron chi connectivity index (χ2n) is 8.36. The summed E-state index contributed by atoms with van der Waals surface area (Å²) < 4.78 is 0. The number of nitrogen functional groups attached to an aromatic ring is 1. The molecule has 34 heavy (non-hydrogen) atoms. The maximum absolute atomic E-state index is 12.7. The predicted molar refractivity (Wildman–Crippen MR) is 138 cm³/mol. The Labute approximate surface area is 200 Å². The zero-order valence-corrected chi connectivity index (χ0v) is 19.2. The Hall–Kier alpha value is -4.30. The fraction of sp³-hybridized carbons (Fsp3) is 0.172. The number of carbonyl (C=O) groups excluding carboxylic acids is 1. The smallest absolute Gasteiger partial charge is 0.254 e. The summed E-state index contributed by atoms with van der Waals surface area (Å²) in [4.78, 5) is 14.6. The van der Waals surface area contributed by atoms with Crippen LogP contribution in [-0.2, 0) is 6.42 Å². The highest BCUT2D eigenvalue weighted by Crippen LogP contribution is 2.16. The van der Waals surface area contributed by atoms with Crippen molar-refractivity contribution in [2.24, 2.45) is 5.73 Å². The Balaban J connectivity index is 1.56. The first kappa shape index (κ1) is 22.9. The van der Waals surface area contributed by atoms with Gasteiger partial charge in [-0.15, -0.1) is 0 Å². The molecule has 1 unspecified atom stereocenters. The standard InChI is InChI=1S/C29H28N4O/c1-21-18-23(13-15-27(21)29(34)33-16-5-6-17-33)12-14-26(19-22-8-3-2-4-9-22)32-25-11-7-10-24(20-25)28(30)31/h2-11,13,15,18,20,26,32H,16-17,19H2,1H3,(H3,30,31). The van der Waals surface area contributed by atoms with E-state index < -0.39 is 0 Å². The first-order valence-corrected chi connectivity index (χ1v) is 11.3. The molecule has 1 amide bonds. The van der Waals surface area contributed by atoms with Crippen LogP contribution in [0, 0.1) is 24.2 Å². The number of amides is 1. The van der Waals surface area contributed by atoms with Gasteiger partial charge in [-0.1, -0.05) is 66.5 Å². The van der Waals surface area contributed by atoms with Crippen molar-refractivity contribution in [3.63, 3.8) is 0 Å². The molecule has 0 aromatic heterocycles. The van der Waals surface area contributed by atoms with E-state index in [4.69, 9.17) is 11.1 Å². The Morgan fingerprint density at radius 2 is 1.82 bits per heavy atom. The van der Waals surface area contributed by atoms with Crippen LogP contribution in [0.3, 0.4) is 0 Å². The van der Waals surface area contributed by atoms with Crippen molar-refractivity contribution in [1.29, 1.82) is 5.41 Å². The average Bonchev–Trinajstić information content (AvgIpc) is 3.38. The number of nitrogens with two attached hydrogens (primary N) is 1. The molecule has 3 aromatic rings. The van der Waals surface area contributed by atoms with Gasteiger partial charge in [-0.2, -0.15) is 0 Å². The number of nitrogens with zero attached hydrogens (tertiary/aromatic N) is 1. The van der Waals surface area contributed by atoms with Gasteiger partial charge in [-0.05, 0) is 48.4 Å². The van der Waals surface area contributed by atoms with E-state index in [9.17, 15) is 4.79 Å². The molecular formula is C29H28N4O. The molecular weight excluding hydrogens is 420 g/mol. The maximum Gasteiger partial charge on any atom is 0.254 e. The third-order valence-corrected chi connectivity index (χ3v) is 5.75. The number of rotatable bonds is 6. The first-order valence-electron chi connectivity index (χ1n) is 11.3. The molecule has 5 nitrogen and oxygen atoms in total. The maximum atomic E-state index is 12.7. The summed E-state index contributed by atoms with van der Waals surface area (Å²) in [7, 11) is 0.